The zero-order chi connectivity index (χ0) is 13.5. The Hall–Kier alpha value is -1.82. The van der Waals surface area contributed by atoms with Crippen molar-refractivity contribution in [3.05, 3.63) is 35.9 Å². The van der Waals surface area contributed by atoms with Crippen molar-refractivity contribution in [3.63, 3.8) is 0 Å². The molecule has 0 radical (unpaired) electrons. The fourth-order valence-electron chi connectivity index (χ4n) is 1.43. The van der Waals surface area contributed by atoms with E-state index in [0.717, 1.165) is 5.75 Å². The van der Waals surface area contributed by atoms with Crippen molar-refractivity contribution < 1.29 is 4.74 Å². The maximum atomic E-state index is 5.33. The molecule has 0 amide bonds. The Balaban J connectivity index is 2.08. The predicted molar refractivity (Wildman–Crippen MR) is 76.5 cm³/mol. The lowest BCUT2D eigenvalue weighted by atomic mass is 10.2. The molecule has 1 aromatic carbocycles. The highest BCUT2D eigenvalue weighted by Crippen LogP contribution is 2.21. The van der Waals surface area contributed by atoms with Crippen LogP contribution in [0.25, 0.3) is 0 Å². The summed E-state index contributed by atoms with van der Waals surface area (Å²) in [5.41, 5.74) is 1.23. The van der Waals surface area contributed by atoms with Gasteiger partial charge in [0, 0.05) is 12.8 Å². The van der Waals surface area contributed by atoms with E-state index in [4.69, 9.17) is 4.74 Å². The number of anilines is 1. The van der Waals surface area contributed by atoms with Crippen LogP contribution in [0.3, 0.4) is 0 Å². The van der Waals surface area contributed by atoms with Crippen LogP contribution in [0.4, 0.5) is 5.95 Å². The first-order valence-corrected chi connectivity index (χ1v) is 7.03. The van der Waals surface area contributed by atoms with Gasteiger partial charge in [-0.25, -0.2) is 0 Å². The molecule has 1 aromatic heterocycles. The van der Waals surface area contributed by atoms with Crippen molar-refractivity contribution in [2.45, 2.75) is 17.8 Å². The van der Waals surface area contributed by atoms with Gasteiger partial charge in [-0.15, -0.1) is 0 Å². The summed E-state index contributed by atoms with van der Waals surface area (Å²) in [5, 5.41) is 3.57. The number of nitrogens with one attached hydrogen (secondary N) is 1. The van der Waals surface area contributed by atoms with Gasteiger partial charge in [0.15, 0.2) is 5.16 Å². The molecule has 1 heterocycles. The van der Waals surface area contributed by atoms with Gasteiger partial charge in [-0.3, -0.25) is 0 Å². The zero-order valence-electron chi connectivity index (χ0n) is 11.0. The Morgan fingerprint density at radius 1 is 1.16 bits per heavy atom. The fourth-order valence-corrected chi connectivity index (χ4v) is 2.21. The number of benzene rings is 1. The minimum atomic E-state index is 0.359. The molecule has 0 atom stereocenters. The molecule has 0 aliphatic heterocycles. The van der Waals surface area contributed by atoms with Crippen LogP contribution in [0, 0.1) is 0 Å². The van der Waals surface area contributed by atoms with Gasteiger partial charge in [0.1, 0.15) is 0 Å². The molecule has 2 rings (SSSR count). The highest BCUT2D eigenvalue weighted by molar-refractivity contribution is 7.98. The van der Waals surface area contributed by atoms with Gasteiger partial charge >= 0.3 is 6.01 Å². The smallest absolute Gasteiger partial charge is 0.322 e. The van der Waals surface area contributed by atoms with Gasteiger partial charge < -0.3 is 10.1 Å². The third kappa shape index (κ3) is 4.10. The van der Waals surface area contributed by atoms with Crippen molar-refractivity contribution in [2.75, 3.05) is 19.0 Å². The van der Waals surface area contributed by atoms with E-state index in [1.165, 1.54) is 5.56 Å². The first-order chi connectivity index (χ1) is 9.31. The Labute approximate surface area is 116 Å². The summed E-state index contributed by atoms with van der Waals surface area (Å²) in [4.78, 5) is 12.7. The summed E-state index contributed by atoms with van der Waals surface area (Å²) in [6.07, 6.45) is 0. The van der Waals surface area contributed by atoms with Crippen molar-refractivity contribution in [3.8, 4) is 6.01 Å². The zero-order valence-corrected chi connectivity index (χ0v) is 11.8. The molecule has 0 saturated carbocycles. The summed E-state index contributed by atoms with van der Waals surface area (Å²) >= 11 is 1.56. The third-order valence-electron chi connectivity index (χ3n) is 2.30. The molecule has 5 nitrogen and oxygen atoms in total. The maximum Gasteiger partial charge on any atom is 0.322 e. The van der Waals surface area contributed by atoms with Crippen molar-refractivity contribution in [2.24, 2.45) is 0 Å². The fraction of sp³-hybridized carbons (Fsp3) is 0.308. The SMILES string of the molecule is CCOc1nc(NC)nc(SCc2ccccc2)n1. The molecule has 0 aliphatic carbocycles. The summed E-state index contributed by atoms with van der Waals surface area (Å²) in [6, 6.07) is 10.6. The minimum Gasteiger partial charge on any atom is -0.464 e. The third-order valence-corrected chi connectivity index (χ3v) is 3.22. The lowest BCUT2D eigenvalue weighted by Crippen LogP contribution is -2.04. The van der Waals surface area contributed by atoms with E-state index >= 15 is 0 Å². The Bertz CT molecular complexity index is 521. The van der Waals surface area contributed by atoms with Crippen LogP contribution in [0.2, 0.25) is 0 Å². The van der Waals surface area contributed by atoms with E-state index in [9.17, 15) is 0 Å². The number of hydrogen-bond donors (Lipinski definition) is 1. The van der Waals surface area contributed by atoms with Crippen LogP contribution in [0.15, 0.2) is 35.5 Å². The van der Waals surface area contributed by atoms with Crippen LogP contribution in [0.1, 0.15) is 12.5 Å². The molecule has 0 saturated heterocycles. The number of rotatable bonds is 6. The van der Waals surface area contributed by atoms with Gasteiger partial charge in [-0.1, -0.05) is 42.1 Å². The minimum absolute atomic E-state index is 0.359. The van der Waals surface area contributed by atoms with Gasteiger partial charge in [0.05, 0.1) is 6.61 Å². The summed E-state index contributed by atoms with van der Waals surface area (Å²) in [7, 11) is 1.77. The first-order valence-electron chi connectivity index (χ1n) is 6.05. The second-order valence-electron chi connectivity index (χ2n) is 3.68. The van der Waals surface area contributed by atoms with Crippen LogP contribution < -0.4 is 10.1 Å². The van der Waals surface area contributed by atoms with Gasteiger partial charge in [0.25, 0.3) is 0 Å². The van der Waals surface area contributed by atoms with Crippen molar-refractivity contribution >= 4 is 17.7 Å². The number of ether oxygens (including phenoxy) is 1. The molecule has 0 aliphatic rings. The molecule has 19 heavy (non-hydrogen) atoms. The lowest BCUT2D eigenvalue weighted by Gasteiger charge is -2.06. The molecule has 2 aromatic rings. The molecule has 0 fully saturated rings. The van der Waals surface area contributed by atoms with Crippen molar-refractivity contribution in [1.82, 2.24) is 15.0 Å². The van der Waals surface area contributed by atoms with Crippen molar-refractivity contribution in [1.29, 1.82) is 0 Å². The van der Waals surface area contributed by atoms with E-state index in [2.05, 4.69) is 32.4 Å². The molecular weight excluding hydrogens is 260 g/mol. The van der Waals surface area contributed by atoms with E-state index in [1.54, 1.807) is 18.8 Å². The molecule has 6 heteroatoms. The molecule has 1 N–H and O–H groups in total. The highest BCUT2D eigenvalue weighted by Gasteiger charge is 2.07. The lowest BCUT2D eigenvalue weighted by molar-refractivity contribution is 0.308. The number of thioether (sulfide) groups is 1. The largest absolute Gasteiger partial charge is 0.464 e. The maximum absolute atomic E-state index is 5.33. The van der Waals surface area contributed by atoms with Crippen LogP contribution in [0.5, 0.6) is 6.01 Å². The van der Waals surface area contributed by atoms with E-state index in [-0.39, 0.29) is 0 Å². The van der Waals surface area contributed by atoms with E-state index < -0.39 is 0 Å². The average Bonchev–Trinajstić information content (AvgIpc) is 2.46. The standard InChI is InChI=1S/C13H16N4OS/c1-3-18-12-15-11(14-2)16-13(17-12)19-9-10-7-5-4-6-8-10/h4-8H,3,9H2,1-2H3,(H,14,15,16,17). The molecule has 0 spiro atoms. The second-order valence-corrected chi connectivity index (χ2v) is 4.62. The van der Waals surface area contributed by atoms with Gasteiger partial charge in [-0.2, -0.15) is 15.0 Å². The Kier molecular flexibility index (Phi) is 4.97. The van der Waals surface area contributed by atoms with Crippen LogP contribution >= 0.6 is 11.8 Å². The normalized spacial score (nSPS) is 10.2. The quantitative estimate of drug-likeness (QED) is 0.818. The van der Waals surface area contributed by atoms with E-state index in [0.29, 0.717) is 23.7 Å². The number of aromatic nitrogens is 3. The first kappa shape index (κ1) is 13.6. The molecule has 0 unspecified atom stereocenters. The Morgan fingerprint density at radius 2 is 1.95 bits per heavy atom. The van der Waals surface area contributed by atoms with E-state index in [1.807, 2.05) is 25.1 Å². The summed E-state index contributed by atoms with van der Waals surface area (Å²) in [5.74, 6) is 1.34. The highest BCUT2D eigenvalue weighted by atomic mass is 32.2. The van der Waals surface area contributed by atoms with Gasteiger partial charge in [-0.05, 0) is 12.5 Å². The molecule has 0 bridgehead atoms. The topological polar surface area (TPSA) is 59.9 Å². The van der Waals surface area contributed by atoms with Gasteiger partial charge in [0.2, 0.25) is 5.95 Å². The molecular formula is C13H16N4OS. The Morgan fingerprint density at radius 3 is 2.63 bits per heavy atom. The monoisotopic (exact) mass is 276 g/mol. The van der Waals surface area contributed by atoms with Crippen LogP contribution in [-0.2, 0) is 5.75 Å². The second kappa shape index (κ2) is 6.94. The molecule has 100 valence electrons. The predicted octanol–water partition coefficient (Wildman–Crippen LogP) is 2.60. The summed E-state index contributed by atoms with van der Waals surface area (Å²) in [6.45, 7) is 2.44. The number of nitrogens with zero attached hydrogens (tertiary/aromatic N) is 3. The van der Waals surface area contributed by atoms with Crippen LogP contribution in [-0.4, -0.2) is 28.6 Å². The number of hydrogen-bond acceptors (Lipinski definition) is 6. The summed E-state index contributed by atoms with van der Waals surface area (Å²) < 4.78 is 5.33. The average molecular weight is 276 g/mol.